The summed E-state index contributed by atoms with van der Waals surface area (Å²) in [7, 11) is 1.55. The highest BCUT2D eigenvalue weighted by molar-refractivity contribution is 6.05. The number of nitrogens with two attached hydrogens (primary N) is 1. The Bertz CT molecular complexity index is 1280. The number of nitrogens with one attached hydrogen (secondary N) is 1. The van der Waals surface area contributed by atoms with Crippen LogP contribution in [0.2, 0.25) is 0 Å². The molecule has 0 spiro atoms. The van der Waals surface area contributed by atoms with E-state index in [9.17, 15) is 18.0 Å². The molecule has 3 aromatic heterocycles. The maximum Gasteiger partial charge on any atom is 0.417 e. The van der Waals surface area contributed by atoms with Gasteiger partial charge in [-0.1, -0.05) is 0 Å². The number of hydrogen-bond acceptors (Lipinski definition) is 5. The van der Waals surface area contributed by atoms with Crippen molar-refractivity contribution in [2.24, 2.45) is 12.8 Å². The zero-order chi connectivity index (χ0) is 21.8. The first-order chi connectivity index (χ1) is 14.1. The van der Waals surface area contributed by atoms with Crippen molar-refractivity contribution in [3.05, 3.63) is 35.2 Å². The predicted octanol–water partition coefficient (Wildman–Crippen LogP) is 2.67. The van der Waals surface area contributed by atoms with E-state index in [1.165, 1.54) is 10.9 Å². The fourth-order valence-electron chi connectivity index (χ4n) is 3.49. The number of carbonyl (C=O) groups excluding carboxylic acids is 1. The molecule has 4 aromatic rings. The molecule has 0 radical (unpaired) electrons. The highest BCUT2D eigenvalue weighted by Crippen LogP contribution is 2.42. The van der Waals surface area contributed by atoms with Gasteiger partial charge in [0.2, 0.25) is 5.91 Å². The van der Waals surface area contributed by atoms with Crippen LogP contribution in [0.5, 0.6) is 0 Å². The Morgan fingerprint density at radius 3 is 2.57 bits per heavy atom. The summed E-state index contributed by atoms with van der Waals surface area (Å²) in [4.78, 5) is 14.7. The molecule has 0 aliphatic carbocycles. The SMILES string of the molecule is CCn1nc(C)cc1-c1nnc(-c2c(C(F)(F)F)c(C(N)=O)cc3c2cnn3C)[nH]1. The second kappa shape index (κ2) is 6.68. The standard InChI is InChI=1S/C18H17F3N8O/c1-4-29-12(5-8(2)27-29)16-24-17(26-25-16)13-10-7-23-28(3)11(10)6-9(15(22)30)14(13)18(19,20)21/h5-7H,4H2,1-3H3,(H2,22,30)(H,24,25,26). The molecule has 0 aliphatic rings. The zero-order valence-corrected chi connectivity index (χ0v) is 16.2. The van der Waals surface area contributed by atoms with E-state index in [2.05, 4.69) is 25.4 Å². The van der Waals surface area contributed by atoms with Crippen LogP contribution in [0.4, 0.5) is 13.2 Å². The molecule has 0 bridgehead atoms. The number of carbonyl (C=O) groups is 1. The number of H-pyrrole nitrogens is 1. The minimum Gasteiger partial charge on any atom is -0.366 e. The van der Waals surface area contributed by atoms with Crippen LogP contribution in [0.3, 0.4) is 0 Å². The maximum atomic E-state index is 14.0. The summed E-state index contributed by atoms with van der Waals surface area (Å²) in [6.45, 7) is 4.21. The van der Waals surface area contributed by atoms with Crippen molar-refractivity contribution in [1.82, 2.24) is 34.7 Å². The third-order valence-corrected chi connectivity index (χ3v) is 4.77. The molecule has 9 nitrogen and oxygen atoms in total. The van der Waals surface area contributed by atoms with Crippen LogP contribution in [0, 0.1) is 6.92 Å². The van der Waals surface area contributed by atoms with Crippen molar-refractivity contribution in [2.45, 2.75) is 26.6 Å². The van der Waals surface area contributed by atoms with Gasteiger partial charge in [0, 0.05) is 24.5 Å². The lowest BCUT2D eigenvalue weighted by Crippen LogP contribution is -2.20. The Balaban J connectivity index is 2.03. The summed E-state index contributed by atoms with van der Waals surface area (Å²) < 4.78 is 45.1. The smallest absolute Gasteiger partial charge is 0.366 e. The Hall–Kier alpha value is -3.70. The van der Waals surface area contributed by atoms with E-state index in [0.717, 1.165) is 11.8 Å². The minimum absolute atomic E-state index is 0.153. The quantitative estimate of drug-likeness (QED) is 0.528. The molecule has 1 amide bonds. The van der Waals surface area contributed by atoms with Crippen molar-refractivity contribution in [3.63, 3.8) is 0 Å². The Morgan fingerprint density at radius 2 is 1.93 bits per heavy atom. The van der Waals surface area contributed by atoms with Crippen molar-refractivity contribution in [3.8, 4) is 22.9 Å². The summed E-state index contributed by atoms with van der Waals surface area (Å²) in [5, 5.41) is 16.5. The molecule has 4 rings (SSSR count). The number of rotatable bonds is 4. The first-order valence-corrected chi connectivity index (χ1v) is 8.95. The molecule has 30 heavy (non-hydrogen) atoms. The maximum absolute atomic E-state index is 14.0. The molecule has 12 heteroatoms. The van der Waals surface area contributed by atoms with Crippen molar-refractivity contribution in [1.29, 1.82) is 0 Å². The molecule has 1 aromatic carbocycles. The van der Waals surface area contributed by atoms with Crippen molar-refractivity contribution in [2.75, 3.05) is 0 Å². The number of amides is 1. The van der Waals surface area contributed by atoms with Crippen molar-refractivity contribution < 1.29 is 18.0 Å². The molecular formula is C18H17F3N8O. The largest absolute Gasteiger partial charge is 0.417 e. The molecule has 0 saturated heterocycles. The summed E-state index contributed by atoms with van der Waals surface area (Å²) >= 11 is 0. The highest BCUT2D eigenvalue weighted by Gasteiger charge is 2.40. The van der Waals surface area contributed by atoms with E-state index in [4.69, 9.17) is 5.73 Å². The van der Waals surface area contributed by atoms with Gasteiger partial charge in [0.1, 0.15) is 5.69 Å². The molecule has 0 saturated carbocycles. The Labute approximate surface area is 167 Å². The predicted molar refractivity (Wildman–Crippen MR) is 101 cm³/mol. The number of nitrogens with zero attached hydrogens (tertiary/aromatic N) is 6. The van der Waals surface area contributed by atoms with Crippen molar-refractivity contribution >= 4 is 16.8 Å². The number of aryl methyl sites for hydroxylation is 3. The van der Waals surface area contributed by atoms with Crippen LogP contribution in [0.1, 0.15) is 28.5 Å². The van der Waals surface area contributed by atoms with E-state index >= 15 is 0 Å². The van der Waals surface area contributed by atoms with Gasteiger partial charge in [0.15, 0.2) is 11.6 Å². The van der Waals surface area contributed by atoms with Gasteiger partial charge >= 0.3 is 6.18 Å². The van der Waals surface area contributed by atoms with Gasteiger partial charge < -0.3 is 10.7 Å². The molecule has 0 aliphatic heterocycles. The molecule has 3 heterocycles. The van der Waals surface area contributed by atoms with E-state index in [-0.39, 0.29) is 22.6 Å². The third kappa shape index (κ3) is 3.00. The van der Waals surface area contributed by atoms with E-state index in [0.29, 0.717) is 17.8 Å². The number of primary amides is 1. The number of hydrogen-bond donors (Lipinski definition) is 2. The molecule has 156 valence electrons. The second-order valence-corrected chi connectivity index (χ2v) is 6.75. The van der Waals surface area contributed by atoms with Crippen LogP contribution in [-0.2, 0) is 19.8 Å². The molecular weight excluding hydrogens is 401 g/mol. The lowest BCUT2D eigenvalue weighted by atomic mass is 9.95. The van der Waals surface area contributed by atoms with Gasteiger partial charge in [0.05, 0.1) is 28.5 Å². The average molecular weight is 418 g/mol. The van der Waals surface area contributed by atoms with Gasteiger partial charge in [-0.25, -0.2) is 0 Å². The number of halogens is 3. The average Bonchev–Trinajstić information content (AvgIpc) is 3.38. The minimum atomic E-state index is -4.86. The first-order valence-electron chi connectivity index (χ1n) is 8.95. The van der Waals surface area contributed by atoms with Gasteiger partial charge in [-0.05, 0) is 26.0 Å². The fraction of sp³-hybridized carbons (Fsp3) is 0.278. The van der Waals surface area contributed by atoms with Crippen LogP contribution < -0.4 is 5.73 Å². The van der Waals surface area contributed by atoms with Gasteiger partial charge in [0.25, 0.3) is 0 Å². The number of aromatic nitrogens is 7. The molecule has 0 atom stereocenters. The van der Waals surface area contributed by atoms with Crippen LogP contribution in [0.25, 0.3) is 33.8 Å². The number of fused-ring (bicyclic) bond motifs is 1. The third-order valence-electron chi connectivity index (χ3n) is 4.77. The first kappa shape index (κ1) is 19.6. The van der Waals surface area contributed by atoms with Crippen LogP contribution in [0.15, 0.2) is 18.3 Å². The van der Waals surface area contributed by atoms with Gasteiger partial charge in [-0.2, -0.15) is 23.4 Å². The van der Waals surface area contributed by atoms with Gasteiger partial charge in [-0.15, -0.1) is 10.2 Å². The number of aromatic amines is 1. The molecule has 3 N–H and O–H groups in total. The topological polar surface area (TPSA) is 120 Å². The monoisotopic (exact) mass is 418 g/mol. The number of alkyl halides is 3. The zero-order valence-electron chi connectivity index (χ0n) is 16.2. The summed E-state index contributed by atoms with van der Waals surface area (Å²) in [5.74, 6) is -1.10. The highest BCUT2D eigenvalue weighted by atomic mass is 19.4. The summed E-state index contributed by atoms with van der Waals surface area (Å²) in [6.07, 6.45) is -3.58. The Kier molecular flexibility index (Phi) is 4.36. The normalized spacial score (nSPS) is 12.1. The van der Waals surface area contributed by atoms with Crippen LogP contribution >= 0.6 is 0 Å². The second-order valence-electron chi connectivity index (χ2n) is 6.75. The van der Waals surface area contributed by atoms with Gasteiger partial charge in [-0.3, -0.25) is 14.2 Å². The van der Waals surface area contributed by atoms with Crippen LogP contribution in [-0.4, -0.2) is 40.6 Å². The summed E-state index contributed by atoms with van der Waals surface area (Å²) in [5.41, 5.74) is 4.71. The molecule has 0 fully saturated rings. The Morgan fingerprint density at radius 1 is 1.23 bits per heavy atom. The number of benzene rings is 1. The van der Waals surface area contributed by atoms with E-state index < -0.39 is 23.2 Å². The summed E-state index contributed by atoms with van der Waals surface area (Å²) in [6, 6.07) is 2.84. The lowest BCUT2D eigenvalue weighted by Gasteiger charge is -2.16. The lowest BCUT2D eigenvalue weighted by molar-refractivity contribution is -0.137. The van der Waals surface area contributed by atoms with E-state index in [1.807, 2.05) is 6.92 Å². The fourth-order valence-corrected chi connectivity index (χ4v) is 3.49. The molecule has 0 unspecified atom stereocenters. The van der Waals surface area contributed by atoms with E-state index in [1.54, 1.807) is 24.7 Å².